The zero-order valence-corrected chi connectivity index (χ0v) is 10.6. The Bertz CT molecular complexity index is 602. The first-order valence-electron chi connectivity index (χ1n) is 6.53. The molecule has 3 heterocycles. The SMILES string of the molecule is O=C(O)c1ccc2nc(CN3CCCCC3)nn2c1. The maximum absolute atomic E-state index is 10.9. The van der Waals surface area contributed by atoms with Crippen LogP contribution in [0.15, 0.2) is 18.3 Å². The van der Waals surface area contributed by atoms with Gasteiger partial charge in [-0.25, -0.2) is 14.3 Å². The summed E-state index contributed by atoms with van der Waals surface area (Å²) in [5.41, 5.74) is 0.916. The van der Waals surface area contributed by atoms with Crippen molar-refractivity contribution in [1.82, 2.24) is 19.5 Å². The number of aromatic nitrogens is 3. The molecule has 0 bridgehead atoms. The van der Waals surface area contributed by atoms with Gasteiger partial charge in [0, 0.05) is 6.20 Å². The van der Waals surface area contributed by atoms with E-state index < -0.39 is 5.97 Å². The summed E-state index contributed by atoms with van der Waals surface area (Å²) >= 11 is 0. The molecule has 0 amide bonds. The minimum atomic E-state index is -0.949. The van der Waals surface area contributed by atoms with Crippen molar-refractivity contribution in [2.45, 2.75) is 25.8 Å². The summed E-state index contributed by atoms with van der Waals surface area (Å²) in [6.07, 6.45) is 5.27. The second kappa shape index (κ2) is 4.97. The average Bonchev–Trinajstić information content (AvgIpc) is 2.80. The van der Waals surface area contributed by atoms with E-state index in [1.165, 1.54) is 25.5 Å². The third-order valence-electron chi connectivity index (χ3n) is 3.44. The third kappa shape index (κ3) is 2.58. The van der Waals surface area contributed by atoms with Crippen molar-refractivity contribution >= 4 is 11.6 Å². The predicted molar refractivity (Wildman–Crippen MR) is 69.1 cm³/mol. The Hall–Kier alpha value is -1.95. The smallest absolute Gasteiger partial charge is 0.337 e. The Balaban J connectivity index is 1.82. The summed E-state index contributed by atoms with van der Waals surface area (Å²) in [6, 6.07) is 3.24. The van der Waals surface area contributed by atoms with E-state index in [2.05, 4.69) is 15.0 Å². The van der Waals surface area contributed by atoms with Crippen molar-refractivity contribution in [3.05, 3.63) is 29.7 Å². The molecule has 6 nitrogen and oxygen atoms in total. The molecule has 3 rings (SSSR count). The first kappa shape index (κ1) is 12.1. The summed E-state index contributed by atoms with van der Waals surface area (Å²) in [6.45, 7) is 2.93. The van der Waals surface area contributed by atoms with Crippen LogP contribution in [0.2, 0.25) is 0 Å². The van der Waals surface area contributed by atoms with Crippen LogP contribution in [0.1, 0.15) is 35.4 Å². The lowest BCUT2D eigenvalue weighted by molar-refractivity contribution is 0.0696. The van der Waals surface area contributed by atoms with E-state index in [0.717, 1.165) is 25.5 Å². The summed E-state index contributed by atoms with van der Waals surface area (Å²) in [5, 5.41) is 13.3. The molecule has 1 aliphatic rings. The standard InChI is InChI=1S/C13H16N4O2/c18-13(19)10-4-5-12-14-11(15-17(12)8-10)9-16-6-2-1-3-7-16/h4-5,8H,1-3,6-7,9H2,(H,18,19). The lowest BCUT2D eigenvalue weighted by Crippen LogP contribution is -2.29. The van der Waals surface area contributed by atoms with Gasteiger partial charge >= 0.3 is 5.97 Å². The molecular weight excluding hydrogens is 244 g/mol. The molecule has 0 unspecified atom stereocenters. The van der Waals surface area contributed by atoms with Gasteiger partial charge in [0.15, 0.2) is 11.5 Å². The number of carboxylic acid groups (broad SMARTS) is 1. The van der Waals surface area contributed by atoms with Crippen LogP contribution < -0.4 is 0 Å². The first-order valence-corrected chi connectivity index (χ1v) is 6.53. The van der Waals surface area contributed by atoms with Crippen molar-refractivity contribution in [2.24, 2.45) is 0 Å². The zero-order valence-electron chi connectivity index (χ0n) is 10.6. The fraction of sp³-hybridized carbons (Fsp3) is 0.462. The lowest BCUT2D eigenvalue weighted by Gasteiger charge is -2.24. The quantitative estimate of drug-likeness (QED) is 0.903. The van der Waals surface area contributed by atoms with E-state index >= 15 is 0 Å². The maximum atomic E-state index is 10.9. The van der Waals surface area contributed by atoms with E-state index in [9.17, 15) is 4.79 Å². The molecule has 100 valence electrons. The molecule has 1 fully saturated rings. The Morgan fingerprint density at radius 3 is 2.79 bits per heavy atom. The molecule has 0 aliphatic carbocycles. The largest absolute Gasteiger partial charge is 0.478 e. The minimum absolute atomic E-state index is 0.224. The van der Waals surface area contributed by atoms with Gasteiger partial charge < -0.3 is 5.11 Å². The van der Waals surface area contributed by atoms with Gasteiger partial charge in [-0.05, 0) is 38.1 Å². The molecule has 2 aromatic heterocycles. The molecule has 0 spiro atoms. The monoisotopic (exact) mass is 260 g/mol. The molecule has 2 aromatic rings. The molecule has 1 aliphatic heterocycles. The van der Waals surface area contributed by atoms with Crippen LogP contribution in [0.25, 0.3) is 5.65 Å². The number of hydrogen-bond donors (Lipinski definition) is 1. The summed E-state index contributed by atoms with van der Waals surface area (Å²) in [7, 11) is 0. The average molecular weight is 260 g/mol. The minimum Gasteiger partial charge on any atom is -0.478 e. The van der Waals surface area contributed by atoms with Gasteiger partial charge in [0.05, 0.1) is 12.1 Å². The van der Waals surface area contributed by atoms with Gasteiger partial charge in [0.2, 0.25) is 0 Å². The highest BCUT2D eigenvalue weighted by atomic mass is 16.4. The van der Waals surface area contributed by atoms with E-state index in [-0.39, 0.29) is 5.56 Å². The number of fused-ring (bicyclic) bond motifs is 1. The Labute approximate surface area is 110 Å². The molecule has 19 heavy (non-hydrogen) atoms. The molecular formula is C13H16N4O2. The fourth-order valence-electron chi connectivity index (χ4n) is 2.44. The first-order chi connectivity index (χ1) is 9.22. The fourth-order valence-corrected chi connectivity index (χ4v) is 2.44. The summed E-state index contributed by atoms with van der Waals surface area (Å²) in [5.74, 6) is -0.195. The van der Waals surface area contributed by atoms with Crippen molar-refractivity contribution < 1.29 is 9.90 Å². The van der Waals surface area contributed by atoms with E-state index in [1.54, 1.807) is 16.6 Å². The number of pyridine rings is 1. The molecule has 1 saturated heterocycles. The normalized spacial score (nSPS) is 16.8. The van der Waals surface area contributed by atoms with Crippen molar-refractivity contribution in [3.63, 3.8) is 0 Å². The highest BCUT2D eigenvalue weighted by molar-refractivity contribution is 5.87. The number of piperidine rings is 1. The second-order valence-electron chi connectivity index (χ2n) is 4.89. The Morgan fingerprint density at radius 2 is 2.05 bits per heavy atom. The highest BCUT2D eigenvalue weighted by Crippen LogP contribution is 2.12. The van der Waals surface area contributed by atoms with Crippen molar-refractivity contribution in [2.75, 3.05) is 13.1 Å². The Kier molecular flexibility index (Phi) is 3.16. The number of hydrogen-bond acceptors (Lipinski definition) is 4. The van der Waals surface area contributed by atoms with Gasteiger partial charge in [-0.15, -0.1) is 5.10 Å². The number of rotatable bonds is 3. The van der Waals surface area contributed by atoms with Crippen LogP contribution in [0.4, 0.5) is 0 Å². The highest BCUT2D eigenvalue weighted by Gasteiger charge is 2.14. The van der Waals surface area contributed by atoms with Gasteiger partial charge in [-0.2, -0.15) is 0 Å². The molecule has 0 radical (unpaired) electrons. The van der Waals surface area contributed by atoms with Crippen LogP contribution >= 0.6 is 0 Å². The Morgan fingerprint density at radius 1 is 1.26 bits per heavy atom. The zero-order chi connectivity index (χ0) is 13.2. The van der Waals surface area contributed by atoms with Crippen LogP contribution in [-0.4, -0.2) is 43.7 Å². The van der Waals surface area contributed by atoms with Gasteiger partial charge in [-0.3, -0.25) is 4.90 Å². The van der Waals surface area contributed by atoms with Crippen LogP contribution in [0, 0.1) is 0 Å². The second-order valence-corrected chi connectivity index (χ2v) is 4.89. The van der Waals surface area contributed by atoms with Gasteiger partial charge in [-0.1, -0.05) is 6.42 Å². The third-order valence-corrected chi connectivity index (χ3v) is 3.44. The molecule has 6 heteroatoms. The van der Waals surface area contributed by atoms with Crippen LogP contribution in [0.3, 0.4) is 0 Å². The van der Waals surface area contributed by atoms with E-state index in [4.69, 9.17) is 5.11 Å². The molecule has 1 N–H and O–H groups in total. The van der Waals surface area contributed by atoms with Gasteiger partial charge in [0.25, 0.3) is 0 Å². The van der Waals surface area contributed by atoms with Gasteiger partial charge in [0.1, 0.15) is 0 Å². The molecule has 0 saturated carbocycles. The summed E-state index contributed by atoms with van der Waals surface area (Å²) in [4.78, 5) is 17.7. The predicted octanol–water partition coefficient (Wildman–Crippen LogP) is 1.41. The van der Waals surface area contributed by atoms with Crippen molar-refractivity contribution in [1.29, 1.82) is 0 Å². The molecule has 0 aromatic carbocycles. The molecule has 0 atom stereocenters. The lowest BCUT2D eigenvalue weighted by atomic mass is 10.1. The van der Waals surface area contributed by atoms with Crippen LogP contribution in [0.5, 0.6) is 0 Å². The van der Waals surface area contributed by atoms with E-state index in [1.807, 2.05) is 0 Å². The van der Waals surface area contributed by atoms with E-state index in [0.29, 0.717) is 5.65 Å². The topological polar surface area (TPSA) is 70.7 Å². The summed E-state index contributed by atoms with van der Waals surface area (Å²) < 4.78 is 1.54. The van der Waals surface area contributed by atoms with Crippen LogP contribution in [-0.2, 0) is 6.54 Å². The van der Waals surface area contributed by atoms with Crippen molar-refractivity contribution in [3.8, 4) is 0 Å². The number of carboxylic acids is 1. The maximum Gasteiger partial charge on any atom is 0.337 e. The number of aromatic carboxylic acids is 1. The number of nitrogens with zero attached hydrogens (tertiary/aromatic N) is 4. The number of carbonyl (C=O) groups is 1. The number of likely N-dealkylation sites (tertiary alicyclic amines) is 1.